The SMILES string of the molecule is CCCCN(CC(=O)NCCC)C(C)=O. The molecule has 0 rings (SSSR count). The smallest absolute Gasteiger partial charge is 0.239 e. The molecule has 88 valence electrons. The first-order chi connectivity index (χ1) is 7.11. The summed E-state index contributed by atoms with van der Waals surface area (Å²) < 4.78 is 0. The fourth-order valence-electron chi connectivity index (χ4n) is 1.19. The number of hydrogen-bond acceptors (Lipinski definition) is 2. The van der Waals surface area contributed by atoms with E-state index in [1.54, 1.807) is 4.90 Å². The molecule has 0 bridgehead atoms. The molecule has 1 N–H and O–H groups in total. The molecule has 0 saturated heterocycles. The van der Waals surface area contributed by atoms with Crippen LogP contribution in [0.15, 0.2) is 0 Å². The van der Waals surface area contributed by atoms with Gasteiger partial charge in [-0.25, -0.2) is 0 Å². The zero-order valence-electron chi connectivity index (χ0n) is 10.0. The first-order valence-electron chi connectivity index (χ1n) is 5.64. The molecule has 4 nitrogen and oxygen atoms in total. The van der Waals surface area contributed by atoms with Crippen molar-refractivity contribution in [3.8, 4) is 0 Å². The highest BCUT2D eigenvalue weighted by Crippen LogP contribution is 1.95. The Morgan fingerprint density at radius 2 is 1.87 bits per heavy atom. The first kappa shape index (κ1) is 13.9. The van der Waals surface area contributed by atoms with Crippen LogP contribution in [-0.4, -0.2) is 36.3 Å². The average Bonchev–Trinajstić information content (AvgIpc) is 2.20. The van der Waals surface area contributed by atoms with Gasteiger partial charge in [-0.3, -0.25) is 9.59 Å². The molecule has 0 aliphatic heterocycles. The molecule has 4 heteroatoms. The average molecular weight is 214 g/mol. The van der Waals surface area contributed by atoms with Crippen molar-refractivity contribution >= 4 is 11.8 Å². The molecular formula is C11H22N2O2. The molecule has 0 aromatic carbocycles. The predicted octanol–water partition coefficient (Wildman–Crippen LogP) is 1.16. The summed E-state index contributed by atoms with van der Waals surface area (Å²) in [5.41, 5.74) is 0. The van der Waals surface area contributed by atoms with Gasteiger partial charge in [0.1, 0.15) is 0 Å². The number of nitrogens with zero attached hydrogens (tertiary/aromatic N) is 1. The van der Waals surface area contributed by atoms with Crippen molar-refractivity contribution in [2.45, 2.75) is 40.0 Å². The van der Waals surface area contributed by atoms with Gasteiger partial charge >= 0.3 is 0 Å². The maximum Gasteiger partial charge on any atom is 0.239 e. The van der Waals surface area contributed by atoms with Gasteiger partial charge in [0.15, 0.2) is 0 Å². The van der Waals surface area contributed by atoms with E-state index in [0.717, 1.165) is 19.3 Å². The van der Waals surface area contributed by atoms with E-state index in [9.17, 15) is 9.59 Å². The molecule has 0 spiro atoms. The first-order valence-corrected chi connectivity index (χ1v) is 5.64. The second kappa shape index (κ2) is 8.26. The van der Waals surface area contributed by atoms with Crippen LogP contribution in [0.25, 0.3) is 0 Å². The van der Waals surface area contributed by atoms with E-state index in [-0.39, 0.29) is 18.4 Å². The number of carbonyl (C=O) groups is 2. The zero-order chi connectivity index (χ0) is 11.7. The van der Waals surface area contributed by atoms with Crippen LogP contribution in [0, 0.1) is 0 Å². The number of hydrogen-bond donors (Lipinski definition) is 1. The van der Waals surface area contributed by atoms with Gasteiger partial charge in [-0.15, -0.1) is 0 Å². The molecule has 0 unspecified atom stereocenters. The summed E-state index contributed by atoms with van der Waals surface area (Å²) in [6.45, 7) is 7.11. The lowest BCUT2D eigenvalue weighted by atomic mass is 10.3. The number of carbonyl (C=O) groups excluding carboxylic acids is 2. The van der Waals surface area contributed by atoms with Gasteiger partial charge in [-0.2, -0.15) is 0 Å². The molecular weight excluding hydrogens is 192 g/mol. The Morgan fingerprint density at radius 3 is 2.33 bits per heavy atom. The number of rotatable bonds is 7. The van der Waals surface area contributed by atoms with Crippen molar-refractivity contribution in [2.75, 3.05) is 19.6 Å². The van der Waals surface area contributed by atoms with Crippen LogP contribution >= 0.6 is 0 Å². The summed E-state index contributed by atoms with van der Waals surface area (Å²) in [4.78, 5) is 24.2. The van der Waals surface area contributed by atoms with Crippen molar-refractivity contribution in [3.63, 3.8) is 0 Å². The van der Waals surface area contributed by atoms with Gasteiger partial charge in [-0.05, 0) is 12.8 Å². The lowest BCUT2D eigenvalue weighted by Gasteiger charge is -2.19. The summed E-state index contributed by atoms with van der Waals surface area (Å²) >= 11 is 0. The molecule has 0 saturated carbocycles. The van der Waals surface area contributed by atoms with Gasteiger partial charge in [-0.1, -0.05) is 20.3 Å². The highest BCUT2D eigenvalue weighted by Gasteiger charge is 2.11. The third-order valence-electron chi connectivity index (χ3n) is 2.13. The zero-order valence-corrected chi connectivity index (χ0v) is 10.0. The van der Waals surface area contributed by atoms with Crippen molar-refractivity contribution in [2.24, 2.45) is 0 Å². The number of nitrogens with one attached hydrogen (secondary N) is 1. The Labute approximate surface area is 92.0 Å². The molecule has 0 aliphatic carbocycles. The third-order valence-corrected chi connectivity index (χ3v) is 2.13. The van der Waals surface area contributed by atoms with Crippen molar-refractivity contribution in [1.29, 1.82) is 0 Å². The highest BCUT2D eigenvalue weighted by molar-refractivity contribution is 5.83. The Bertz CT molecular complexity index is 205. The Kier molecular flexibility index (Phi) is 7.68. The van der Waals surface area contributed by atoms with Crippen molar-refractivity contribution < 1.29 is 9.59 Å². The molecule has 0 radical (unpaired) electrons. The van der Waals surface area contributed by atoms with Crippen LogP contribution in [0.5, 0.6) is 0 Å². The van der Waals surface area contributed by atoms with E-state index in [1.807, 2.05) is 6.92 Å². The largest absolute Gasteiger partial charge is 0.355 e. The summed E-state index contributed by atoms with van der Waals surface area (Å²) in [5, 5.41) is 2.76. The van der Waals surface area contributed by atoms with E-state index in [1.165, 1.54) is 6.92 Å². The maximum atomic E-state index is 11.4. The summed E-state index contributed by atoms with van der Waals surface area (Å²) in [7, 11) is 0. The van der Waals surface area contributed by atoms with Crippen LogP contribution in [0.3, 0.4) is 0 Å². The molecule has 15 heavy (non-hydrogen) atoms. The molecule has 0 fully saturated rings. The molecule has 0 aromatic heterocycles. The van der Waals surface area contributed by atoms with Crippen LogP contribution in [0.4, 0.5) is 0 Å². The monoisotopic (exact) mass is 214 g/mol. The van der Waals surface area contributed by atoms with Crippen molar-refractivity contribution in [3.05, 3.63) is 0 Å². The Hall–Kier alpha value is -1.06. The lowest BCUT2D eigenvalue weighted by molar-refractivity contribution is -0.134. The van der Waals surface area contributed by atoms with Gasteiger partial charge in [0.2, 0.25) is 11.8 Å². The Morgan fingerprint density at radius 1 is 1.20 bits per heavy atom. The fourth-order valence-corrected chi connectivity index (χ4v) is 1.19. The minimum atomic E-state index is -0.0665. The summed E-state index contributed by atoms with van der Waals surface area (Å²) in [6, 6.07) is 0. The maximum absolute atomic E-state index is 11.4. The van der Waals surface area contributed by atoms with E-state index in [4.69, 9.17) is 0 Å². The minimum absolute atomic E-state index is 0.0323. The molecule has 0 aliphatic rings. The topological polar surface area (TPSA) is 49.4 Å². The normalized spacial score (nSPS) is 9.80. The van der Waals surface area contributed by atoms with Gasteiger partial charge in [0.05, 0.1) is 6.54 Å². The molecule has 2 amide bonds. The summed E-state index contributed by atoms with van der Waals surface area (Å²) in [6.07, 6.45) is 2.89. The van der Waals surface area contributed by atoms with Crippen LogP contribution in [-0.2, 0) is 9.59 Å². The number of unbranched alkanes of at least 4 members (excludes halogenated alkanes) is 1. The van der Waals surface area contributed by atoms with Crippen molar-refractivity contribution in [1.82, 2.24) is 10.2 Å². The second-order valence-electron chi connectivity index (χ2n) is 3.64. The van der Waals surface area contributed by atoms with Crippen LogP contribution < -0.4 is 5.32 Å². The van der Waals surface area contributed by atoms with E-state index in [0.29, 0.717) is 13.1 Å². The predicted molar refractivity (Wildman–Crippen MR) is 60.5 cm³/mol. The standard InChI is InChI=1S/C11H22N2O2/c1-4-6-8-13(10(3)14)9-11(15)12-7-5-2/h4-9H2,1-3H3,(H,12,15). The minimum Gasteiger partial charge on any atom is -0.355 e. The van der Waals surface area contributed by atoms with E-state index >= 15 is 0 Å². The molecule has 0 heterocycles. The lowest BCUT2D eigenvalue weighted by Crippen LogP contribution is -2.40. The van der Waals surface area contributed by atoms with Gasteiger partial charge < -0.3 is 10.2 Å². The summed E-state index contributed by atoms with van der Waals surface area (Å²) in [5.74, 6) is -0.0988. The molecule has 0 aromatic rings. The van der Waals surface area contributed by atoms with Gasteiger partial charge in [0.25, 0.3) is 0 Å². The van der Waals surface area contributed by atoms with Crippen LogP contribution in [0.1, 0.15) is 40.0 Å². The Balaban J connectivity index is 3.93. The van der Waals surface area contributed by atoms with E-state index in [2.05, 4.69) is 12.2 Å². The third kappa shape index (κ3) is 6.94. The fraction of sp³-hybridized carbons (Fsp3) is 0.818. The molecule has 0 atom stereocenters. The van der Waals surface area contributed by atoms with Gasteiger partial charge in [0, 0.05) is 20.0 Å². The quantitative estimate of drug-likeness (QED) is 0.691. The highest BCUT2D eigenvalue weighted by atomic mass is 16.2. The van der Waals surface area contributed by atoms with Crippen LogP contribution in [0.2, 0.25) is 0 Å². The number of amides is 2. The second-order valence-corrected chi connectivity index (χ2v) is 3.64. The van der Waals surface area contributed by atoms with E-state index < -0.39 is 0 Å².